The first-order valence-electron chi connectivity index (χ1n) is 13.1. The van der Waals surface area contributed by atoms with Crippen molar-refractivity contribution >= 4 is 23.1 Å². The van der Waals surface area contributed by atoms with E-state index in [2.05, 4.69) is 67.5 Å². The molecule has 6 heteroatoms. The number of carbonyl (C=O) groups excluding carboxylic acids is 1. The normalized spacial score (nSPS) is 15.1. The third kappa shape index (κ3) is 5.64. The number of likely N-dealkylation sites (tertiary alicyclic amines) is 1. The van der Waals surface area contributed by atoms with Gasteiger partial charge in [-0.25, -0.2) is 9.97 Å². The van der Waals surface area contributed by atoms with Gasteiger partial charge in [0.15, 0.2) is 5.65 Å². The maximum atomic E-state index is 12.7. The summed E-state index contributed by atoms with van der Waals surface area (Å²) in [5.41, 5.74) is 6.37. The summed E-state index contributed by atoms with van der Waals surface area (Å²) in [7, 11) is 0. The van der Waals surface area contributed by atoms with E-state index in [4.69, 9.17) is 9.97 Å². The van der Waals surface area contributed by atoms with E-state index >= 15 is 0 Å². The highest BCUT2D eigenvalue weighted by Gasteiger charge is 2.24. The van der Waals surface area contributed by atoms with Crippen LogP contribution in [-0.2, 0) is 17.8 Å². The Labute approximate surface area is 209 Å². The third-order valence-corrected chi connectivity index (χ3v) is 7.26. The second-order valence-electron chi connectivity index (χ2n) is 9.57. The molecule has 4 rings (SSSR count). The summed E-state index contributed by atoms with van der Waals surface area (Å²) in [6, 6.07) is 11.1. The van der Waals surface area contributed by atoms with Crippen molar-refractivity contribution in [2.75, 3.05) is 26.2 Å². The van der Waals surface area contributed by atoms with Crippen molar-refractivity contribution in [1.29, 1.82) is 0 Å². The average Bonchev–Trinajstić information content (AvgIpc) is 3.22. The summed E-state index contributed by atoms with van der Waals surface area (Å²) in [4.78, 5) is 26.8. The van der Waals surface area contributed by atoms with Gasteiger partial charge in [0, 0.05) is 37.3 Å². The van der Waals surface area contributed by atoms with Crippen LogP contribution in [0, 0.1) is 13.8 Å². The fourth-order valence-corrected chi connectivity index (χ4v) is 5.27. The lowest BCUT2D eigenvalue weighted by molar-refractivity contribution is -0.127. The molecule has 35 heavy (non-hydrogen) atoms. The molecule has 3 heterocycles. The molecule has 0 bridgehead atoms. The van der Waals surface area contributed by atoms with Crippen LogP contribution >= 0.6 is 0 Å². The quantitative estimate of drug-likeness (QED) is 0.432. The summed E-state index contributed by atoms with van der Waals surface area (Å²) in [6.07, 6.45) is 6.64. The molecule has 0 atom stereocenters. The molecule has 1 aliphatic rings. The Bertz CT molecular complexity index is 1180. The molecule has 186 valence electrons. The van der Waals surface area contributed by atoms with E-state index in [-0.39, 0.29) is 5.91 Å². The zero-order valence-electron chi connectivity index (χ0n) is 21.9. The number of imidazole rings is 1. The lowest BCUT2D eigenvalue weighted by Crippen LogP contribution is -2.46. The van der Waals surface area contributed by atoms with Gasteiger partial charge in [0.25, 0.3) is 0 Å². The van der Waals surface area contributed by atoms with E-state index in [1.54, 1.807) is 6.08 Å². The highest BCUT2D eigenvalue weighted by molar-refractivity contribution is 5.91. The minimum absolute atomic E-state index is 0.112. The molecule has 1 aromatic carbocycles. The molecule has 1 fully saturated rings. The van der Waals surface area contributed by atoms with Crippen molar-refractivity contribution in [2.24, 2.45) is 0 Å². The lowest BCUT2D eigenvalue weighted by atomic mass is 10.0. The number of aryl methyl sites for hydroxylation is 3. The smallest absolute Gasteiger partial charge is 0.246 e. The van der Waals surface area contributed by atoms with Crippen molar-refractivity contribution in [1.82, 2.24) is 24.3 Å². The predicted octanol–water partition coefficient (Wildman–Crippen LogP) is 5.00. The highest BCUT2D eigenvalue weighted by Crippen LogP contribution is 2.21. The third-order valence-electron chi connectivity index (χ3n) is 7.26. The van der Waals surface area contributed by atoms with Gasteiger partial charge in [0.1, 0.15) is 11.3 Å². The Morgan fingerprint density at radius 2 is 1.74 bits per heavy atom. The van der Waals surface area contributed by atoms with Gasteiger partial charge in [0.2, 0.25) is 5.91 Å². The van der Waals surface area contributed by atoms with Crippen molar-refractivity contribution in [3.8, 4) is 0 Å². The number of pyridine rings is 1. The number of benzene rings is 1. The van der Waals surface area contributed by atoms with Crippen LogP contribution in [0.5, 0.6) is 0 Å². The van der Waals surface area contributed by atoms with Crippen molar-refractivity contribution < 1.29 is 4.79 Å². The number of aromatic nitrogens is 3. The summed E-state index contributed by atoms with van der Waals surface area (Å²) in [5.74, 6) is 1.17. The molecule has 3 aromatic rings. The van der Waals surface area contributed by atoms with E-state index in [1.807, 2.05) is 17.9 Å². The van der Waals surface area contributed by atoms with Gasteiger partial charge in [-0.05, 0) is 68.6 Å². The molecule has 6 nitrogen and oxygen atoms in total. The minimum Gasteiger partial charge on any atom is -0.339 e. The predicted molar refractivity (Wildman–Crippen MR) is 143 cm³/mol. The second-order valence-corrected chi connectivity index (χ2v) is 9.57. The van der Waals surface area contributed by atoms with Gasteiger partial charge in [-0.15, -0.1) is 0 Å². The van der Waals surface area contributed by atoms with Gasteiger partial charge in [0.05, 0.1) is 6.54 Å². The molecule has 1 saturated heterocycles. The number of hydrogen-bond donors (Lipinski definition) is 0. The molecule has 0 N–H and O–H groups in total. The maximum Gasteiger partial charge on any atom is 0.246 e. The highest BCUT2D eigenvalue weighted by atomic mass is 16.2. The van der Waals surface area contributed by atoms with Gasteiger partial charge in [-0.1, -0.05) is 45.0 Å². The Morgan fingerprint density at radius 1 is 1.06 bits per heavy atom. The van der Waals surface area contributed by atoms with Crippen LogP contribution < -0.4 is 0 Å². The summed E-state index contributed by atoms with van der Waals surface area (Å²) < 4.78 is 2.23. The maximum absolute atomic E-state index is 12.7. The van der Waals surface area contributed by atoms with Crippen LogP contribution in [0.3, 0.4) is 0 Å². The summed E-state index contributed by atoms with van der Waals surface area (Å²) in [5, 5.41) is 0. The molecule has 1 amide bonds. The Balaban J connectivity index is 1.40. The first-order valence-corrected chi connectivity index (χ1v) is 13.1. The molecule has 2 aromatic heterocycles. The molecule has 1 aliphatic heterocycles. The molecular weight excluding hydrogens is 434 g/mol. The van der Waals surface area contributed by atoms with E-state index in [0.29, 0.717) is 6.04 Å². The fraction of sp³-hybridized carbons (Fsp3) is 0.483. The van der Waals surface area contributed by atoms with Crippen LogP contribution in [0.25, 0.3) is 17.2 Å². The zero-order chi connectivity index (χ0) is 24.9. The molecular formula is C29H39N5O. The standard InChI is InChI=1S/C29H39N5O/c1-6-26-31-28-21(4)19-22(5)30-29(28)34(26)20-24-11-9-23(10-12-24)13-14-27(35)33-17-15-25(16-18-33)32(7-2)8-3/h9-14,19,25H,6-8,15-18,20H2,1-5H3/b14-13+. The van der Waals surface area contributed by atoms with Gasteiger partial charge in [-0.3, -0.25) is 4.79 Å². The summed E-state index contributed by atoms with van der Waals surface area (Å²) in [6.45, 7) is 15.3. The van der Waals surface area contributed by atoms with Gasteiger partial charge < -0.3 is 14.4 Å². The Kier molecular flexibility index (Phi) is 8.01. The monoisotopic (exact) mass is 473 g/mol. The van der Waals surface area contributed by atoms with E-state index in [9.17, 15) is 4.79 Å². The number of hydrogen-bond acceptors (Lipinski definition) is 4. The average molecular weight is 474 g/mol. The lowest BCUT2D eigenvalue weighted by Gasteiger charge is -2.37. The Morgan fingerprint density at radius 3 is 2.37 bits per heavy atom. The largest absolute Gasteiger partial charge is 0.339 e. The topological polar surface area (TPSA) is 54.3 Å². The number of fused-ring (bicyclic) bond motifs is 1. The molecule has 0 radical (unpaired) electrons. The number of carbonyl (C=O) groups is 1. The first-order chi connectivity index (χ1) is 16.9. The second kappa shape index (κ2) is 11.2. The zero-order valence-corrected chi connectivity index (χ0v) is 21.9. The van der Waals surface area contributed by atoms with E-state index in [1.165, 1.54) is 11.1 Å². The van der Waals surface area contributed by atoms with Crippen LogP contribution in [0.15, 0.2) is 36.4 Å². The van der Waals surface area contributed by atoms with Gasteiger partial charge >= 0.3 is 0 Å². The number of nitrogens with zero attached hydrogens (tertiary/aromatic N) is 5. The summed E-state index contributed by atoms with van der Waals surface area (Å²) >= 11 is 0. The van der Waals surface area contributed by atoms with Crippen LogP contribution in [0.2, 0.25) is 0 Å². The molecule has 0 saturated carbocycles. The van der Waals surface area contributed by atoms with Crippen molar-refractivity contribution in [3.05, 3.63) is 64.6 Å². The molecule has 0 unspecified atom stereocenters. The van der Waals surface area contributed by atoms with Crippen LogP contribution in [-0.4, -0.2) is 62.5 Å². The van der Waals surface area contributed by atoms with Crippen molar-refractivity contribution in [3.63, 3.8) is 0 Å². The van der Waals surface area contributed by atoms with E-state index in [0.717, 1.165) is 80.2 Å². The van der Waals surface area contributed by atoms with Crippen molar-refractivity contribution in [2.45, 2.75) is 66.5 Å². The Hall–Kier alpha value is -2.99. The fourth-order valence-electron chi connectivity index (χ4n) is 5.27. The van der Waals surface area contributed by atoms with Crippen LogP contribution in [0.4, 0.5) is 0 Å². The first kappa shape index (κ1) is 25.1. The van der Waals surface area contributed by atoms with Crippen LogP contribution in [0.1, 0.15) is 61.8 Å². The molecule has 0 aliphatic carbocycles. The minimum atomic E-state index is 0.112. The van der Waals surface area contributed by atoms with Gasteiger partial charge in [-0.2, -0.15) is 0 Å². The number of amides is 1. The van der Waals surface area contributed by atoms with E-state index < -0.39 is 0 Å². The number of rotatable bonds is 8. The molecule has 0 spiro atoms. The number of piperidine rings is 1. The SMILES string of the molecule is CCc1nc2c(C)cc(C)nc2n1Cc1ccc(/C=C/C(=O)N2CCC(N(CC)CC)CC2)cc1.